The van der Waals surface area contributed by atoms with Crippen LogP contribution in [0.15, 0.2) is 47.6 Å². The molecule has 0 saturated carbocycles. The lowest BCUT2D eigenvalue weighted by Gasteiger charge is -2.20. The summed E-state index contributed by atoms with van der Waals surface area (Å²) in [5, 5.41) is 7.27. The molecule has 2 aromatic rings. The minimum Gasteiger partial charge on any atom is -0.497 e. The second kappa shape index (κ2) is 10.1. The van der Waals surface area contributed by atoms with Crippen molar-refractivity contribution < 1.29 is 14.3 Å². The number of methoxy groups -OCH3 is 1. The van der Waals surface area contributed by atoms with Gasteiger partial charge < -0.3 is 10.1 Å². The average molecular weight is 422 g/mol. The van der Waals surface area contributed by atoms with Gasteiger partial charge >= 0.3 is 0 Å². The van der Waals surface area contributed by atoms with Crippen molar-refractivity contribution in [3.63, 3.8) is 0 Å². The normalized spacial score (nSPS) is 12.1. The highest BCUT2D eigenvalue weighted by atomic mass is 35.5. The summed E-state index contributed by atoms with van der Waals surface area (Å²) >= 11 is 11.8. The second-order valence-electron chi connectivity index (χ2n) is 6.33. The van der Waals surface area contributed by atoms with Gasteiger partial charge in [-0.2, -0.15) is 5.10 Å². The summed E-state index contributed by atoms with van der Waals surface area (Å²) < 4.78 is 5.14. The Bertz CT molecular complexity index is 885. The third-order valence-corrected chi connectivity index (χ3v) is 4.64. The Kier molecular flexibility index (Phi) is 7.84. The van der Waals surface area contributed by atoms with Gasteiger partial charge in [-0.25, -0.2) is 5.43 Å². The zero-order chi connectivity index (χ0) is 20.7. The molecule has 0 saturated heterocycles. The molecule has 148 valence electrons. The van der Waals surface area contributed by atoms with Gasteiger partial charge in [0.05, 0.1) is 23.4 Å². The molecule has 2 aromatic carbocycles. The van der Waals surface area contributed by atoms with Crippen LogP contribution in [0.5, 0.6) is 5.75 Å². The van der Waals surface area contributed by atoms with Crippen molar-refractivity contribution in [3.8, 4) is 5.75 Å². The lowest BCUT2D eigenvalue weighted by atomic mass is 10.0. The number of hydrogen-bond donors (Lipinski definition) is 2. The topological polar surface area (TPSA) is 79.8 Å². The van der Waals surface area contributed by atoms with E-state index in [0.29, 0.717) is 16.3 Å². The van der Waals surface area contributed by atoms with E-state index in [0.717, 1.165) is 5.56 Å². The van der Waals surface area contributed by atoms with Crippen LogP contribution in [0.3, 0.4) is 0 Å². The van der Waals surface area contributed by atoms with E-state index < -0.39 is 17.9 Å². The number of hydrazone groups is 1. The van der Waals surface area contributed by atoms with Gasteiger partial charge in [-0.05, 0) is 41.8 Å². The molecular weight excluding hydrogens is 401 g/mol. The highest BCUT2D eigenvalue weighted by Crippen LogP contribution is 2.22. The van der Waals surface area contributed by atoms with E-state index in [4.69, 9.17) is 27.9 Å². The Hall–Kier alpha value is -2.57. The van der Waals surface area contributed by atoms with Crippen LogP contribution in [0.1, 0.15) is 29.8 Å². The summed E-state index contributed by atoms with van der Waals surface area (Å²) in [6.07, 6.45) is 1.50. The summed E-state index contributed by atoms with van der Waals surface area (Å²) in [7, 11) is 1.57. The van der Waals surface area contributed by atoms with E-state index in [1.807, 2.05) is 32.0 Å². The van der Waals surface area contributed by atoms with Gasteiger partial charge in [0.15, 0.2) is 0 Å². The van der Waals surface area contributed by atoms with Crippen molar-refractivity contribution in [2.75, 3.05) is 7.11 Å². The molecule has 0 bridgehead atoms. The van der Waals surface area contributed by atoms with Crippen molar-refractivity contribution in [3.05, 3.63) is 63.6 Å². The molecule has 2 rings (SSSR count). The lowest BCUT2D eigenvalue weighted by molar-refractivity contribution is -0.123. The number of halogens is 2. The molecule has 0 aliphatic heterocycles. The van der Waals surface area contributed by atoms with Gasteiger partial charge in [-0.15, -0.1) is 0 Å². The lowest BCUT2D eigenvalue weighted by Crippen LogP contribution is -2.48. The van der Waals surface area contributed by atoms with Gasteiger partial charge in [0.2, 0.25) is 0 Å². The summed E-state index contributed by atoms with van der Waals surface area (Å²) in [5.74, 6) is -0.324. The molecule has 2 N–H and O–H groups in total. The molecule has 1 unspecified atom stereocenters. The summed E-state index contributed by atoms with van der Waals surface area (Å²) in [5.41, 5.74) is 3.53. The van der Waals surface area contributed by atoms with Gasteiger partial charge in [0, 0.05) is 5.56 Å². The standard InChI is InChI=1S/C20H21Cl2N3O3/c1-12(2)18(24-19(26)14-7-8-16(21)17(22)10-14)20(27)25-23-11-13-5-4-6-15(9-13)28-3/h4-12,18H,1-3H3,(H,24,26)(H,25,27)/b23-11+. The number of rotatable bonds is 7. The first-order valence-corrected chi connectivity index (χ1v) is 9.30. The number of nitrogens with one attached hydrogen (secondary N) is 2. The van der Waals surface area contributed by atoms with E-state index in [2.05, 4.69) is 15.8 Å². The number of benzene rings is 2. The maximum absolute atomic E-state index is 12.5. The maximum atomic E-state index is 12.5. The molecule has 0 spiro atoms. The summed E-state index contributed by atoms with van der Waals surface area (Å²) in [6.45, 7) is 3.65. The first-order chi connectivity index (χ1) is 13.3. The monoisotopic (exact) mass is 421 g/mol. The predicted octanol–water partition coefficient (Wildman–Crippen LogP) is 3.91. The van der Waals surface area contributed by atoms with Crippen LogP contribution in [0, 0.1) is 5.92 Å². The number of amides is 2. The Labute approximate surface area is 173 Å². The largest absolute Gasteiger partial charge is 0.497 e. The summed E-state index contributed by atoms with van der Waals surface area (Å²) in [4.78, 5) is 24.9. The maximum Gasteiger partial charge on any atom is 0.262 e. The van der Waals surface area contributed by atoms with Crippen molar-refractivity contribution in [2.24, 2.45) is 11.0 Å². The Balaban J connectivity index is 2.03. The Morgan fingerprint density at radius 2 is 1.86 bits per heavy atom. The van der Waals surface area contributed by atoms with E-state index >= 15 is 0 Å². The summed E-state index contributed by atoms with van der Waals surface area (Å²) in [6, 6.07) is 11.0. The number of hydrogen-bond acceptors (Lipinski definition) is 4. The molecule has 6 nitrogen and oxygen atoms in total. The van der Waals surface area contributed by atoms with Crippen LogP contribution < -0.4 is 15.5 Å². The predicted molar refractivity (Wildman–Crippen MR) is 111 cm³/mol. The molecule has 0 aliphatic carbocycles. The molecule has 0 fully saturated rings. The smallest absolute Gasteiger partial charge is 0.262 e. The minimum atomic E-state index is -0.774. The molecule has 0 aliphatic rings. The van der Waals surface area contributed by atoms with Gasteiger partial charge in [0.1, 0.15) is 11.8 Å². The molecule has 28 heavy (non-hydrogen) atoms. The molecule has 0 aromatic heterocycles. The molecule has 0 radical (unpaired) electrons. The fourth-order valence-corrected chi connectivity index (χ4v) is 2.66. The van der Waals surface area contributed by atoms with Crippen LogP contribution in [-0.2, 0) is 4.79 Å². The molecule has 0 heterocycles. The zero-order valence-electron chi connectivity index (χ0n) is 15.7. The van der Waals surface area contributed by atoms with E-state index in [1.165, 1.54) is 18.3 Å². The van der Waals surface area contributed by atoms with Crippen molar-refractivity contribution in [1.29, 1.82) is 0 Å². The van der Waals surface area contributed by atoms with Crippen LogP contribution >= 0.6 is 23.2 Å². The zero-order valence-corrected chi connectivity index (χ0v) is 17.2. The van der Waals surface area contributed by atoms with Gasteiger partial charge in [-0.1, -0.05) is 49.2 Å². The van der Waals surface area contributed by atoms with Crippen LogP contribution in [0.25, 0.3) is 0 Å². The van der Waals surface area contributed by atoms with Crippen molar-refractivity contribution >= 4 is 41.2 Å². The van der Waals surface area contributed by atoms with Gasteiger partial charge in [-0.3, -0.25) is 9.59 Å². The number of ether oxygens (including phenoxy) is 1. The number of carbonyl (C=O) groups excluding carboxylic acids is 2. The van der Waals surface area contributed by atoms with Crippen LogP contribution in [0.2, 0.25) is 10.0 Å². The highest BCUT2D eigenvalue weighted by Gasteiger charge is 2.24. The average Bonchev–Trinajstić information content (AvgIpc) is 2.67. The number of carbonyl (C=O) groups is 2. The van der Waals surface area contributed by atoms with Crippen LogP contribution in [-0.4, -0.2) is 31.2 Å². The Morgan fingerprint density at radius 1 is 1.11 bits per heavy atom. The first kappa shape index (κ1) is 21.7. The fourth-order valence-electron chi connectivity index (χ4n) is 2.36. The SMILES string of the molecule is COc1cccc(/C=N/NC(=O)C(NC(=O)c2ccc(Cl)c(Cl)c2)C(C)C)c1. The second-order valence-corrected chi connectivity index (χ2v) is 7.15. The van der Waals surface area contributed by atoms with Gasteiger partial charge in [0.25, 0.3) is 11.8 Å². The molecule has 8 heteroatoms. The van der Waals surface area contributed by atoms with Crippen LogP contribution in [0.4, 0.5) is 0 Å². The third-order valence-electron chi connectivity index (χ3n) is 3.90. The quantitative estimate of drug-likeness (QED) is 0.525. The fraction of sp³-hybridized carbons (Fsp3) is 0.250. The molecule has 2 amide bonds. The highest BCUT2D eigenvalue weighted by molar-refractivity contribution is 6.42. The van der Waals surface area contributed by atoms with E-state index in [9.17, 15) is 9.59 Å². The van der Waals surface area contributed by atoms with E-state index in [-0.39, 0.29) is 10.9 Å². The Morgan fingerprint density at radius 3 is 2.50 bits per heavy atom. The van der Waals surface area contributed by atoms with Crippen molar-refractivity contribution in [2.45, 2.75) is 19.9 Å². The number of nitrogens with zero attached hydrogens (tertiary/aromatic N) is 1. The third kappa shape index (κ3) is 5.97. The molecular formula is C20H21Cl2N3O3. The molecule has 1 atom stereocenters. The first-order valence-electron chi connectivity index (χ1n) is 8.54. The van der Waals surface area contributed by atoms with E-state index in [1.54, 1.807) is 19.2 Å². The minimum absolute atomic E-state index is 0.154. The van der Waals surface area contributed by atoms with Crippen molar-refractivity contribution in [1.82, 2.24) is 10.7 Å².